The van der Waals surface area contributed by atoms with Crippen LogP contribution in [-0.4, -0.2) is 46.1 Å². The smallest absolute Gasteiger partial charge is 0.233 e. The number of amides is 1. The summed E-state index contributed by atoms with van der Waals surface area (Å²) in [4.78, 5) is 18.3. The number of aryl methyl sites for hydroxylation is 2. The first-order chi connectivity index (χ1) is 13.9. The summed E-state index contributed by atoms with van der Waals surface area (Å²) in [6.45, 7) is 3.81. The molecule has 2 fully saturated rings. The van der Waals surface area contributed by atoms with Crippen LogP contribution in [0.15, 0.2) is 30.3 Å². The molecule has 1 aliphatic carbocycles. The third-order valence-corrected chi connectivity index (χ3v) is 6.80. The first-order valence-electron chi connectivity index (χ1n) is 11.0. The van der Waals surface area contributed by atoms with Crippen molar-refractivity contribution in [2.45, 2.75) is 63.5 Å². The number of aromatic nitrogens is 2. The van der Waals surface area contributed by atoms with E-state index in [1.54, 1.807) is 0 Å². The summed E-state index contributed by atoms with van der Waals surface area (Å²) in [5, 5.41) is 4.81. The molecule has 1 aliphatic heterocycles. The molecule has 2 aromatic rings. The van der Waals surface area contributed by atoms with Gasteiger partial charge >= 0.3 is 0 Å². The summed E-state index contributed by atoms with van der Waals surface area (Å²) in [5.41, 5.74) is 4.34. The highest BCUT2D eigenvalue weighted by atomic mass is 16.2. The molecule has 4 rings (SSSR count). The van der Waals surface area contributed by atoms with E-state index in [0.717, 1.165) is 57.3 Å². The minimum Gasteiger partial charge on any atom is -0.333 e. The zero-order chi connectivity index (χ0) is 20.6. The van der Waals surface area contributed by atoms with Gasteiger partial charge < -0.3 is 9.80 Å². The molecule has 2 heterocycles. The summed E-state index contributed by atoms with van der Waals surface area (Å²) in [6.07, 6.45) is 6.26. The van der Waals surface area contributed by atoms with Crippen molar-refractivity contribution in [2.24, 2.45) is 7.05 Å². The summed E-state index contributed by atoms with van der Waals surface area (Å²) in [7, 11) is 6.15. The van der Waals surface area contributed by atoms with Crippen LogP contribution in [0.5, 0.6) is 0 Å². The van der Waals surface area contributed by atoms with Crippen LogP contribution in [0.25, 0.3) is 0 Å². The number of nitrogens with zero attached hydrogens (tertiary/aromatic N) is 4. The molecule has 1 atom stereocenters. The topological polar surface area (TPSA) is 41.4 Å². The van der Waals surface area contributed by atoms with Gasteiger partial charge in [-0.15, -0.1) is 0 Å². The lowest BCUT2D eigenvalue weighted by Crippen LogP contribution is -2.45. The molecule has 1 aromatic carbocycles. The highest BCUT2D eigenvalue weighted by Crippen LogP contribution is 2.45. The maximum atomic E-state index is 14.0. The Balaban J connectivity index is 1.64. The van der Waals surface area contributed by atoms with Crippen molar-refractivity contribution < 1.29 is 4.79 Å². The maximum absolute atomic E-state index is 14.0. The number of hydrogen-bond donors (Lipinski definition) is 0. The van der Waals surface area contributed by atoms with Crippen LogP contribution in [0.3, 0.4) is 0 Å². The number of hydrogen-bond acceptors (Lipinski definition) is 3. The zero-order valence-electron chi connectivity index (χ0n) is 18.3. The molecule has 1 unspecified atom stereocenters. The van der Waals surface area contributed by atoms with E-state index < -0.39 is 0 Å². The summed E-state index contributed by atoms with van der Waals surface area (Å²) >= 11 is 0. The quantitative estimate of drug-likeness (QED) is 0.771. The molecule has 156 valence electrons. The van der Waals surface area contributed by atoms with E-state index in [1.807, 2.05) is 11.7 Å². The van der Waals surface area contributed by atoms with Gasteiger partial charge in [-0.25, -0.2) is 0 Å². The van der Waals surface area contributed by atoms with Crippen molar-refractivity contribution in [2.75, 3.05) is 20.6 Å². The Morgan fingerprint density at radius 1 is 1.17 bits per heavy atom. The fraction of sp³-hybridized carbons (Fsp3) is 0.583. The average molecular weight is 395 g/mol. The van der Waals surface area contributed by atoms with Crippen molar-refractivity contribution >= 4 is 5.91 Å². The van der Waals surface area contributed by atoms with Gasteiger partial charge in [0.2, 0.25) is 5.91 Å². The molecule has 5 heteroatoms. The zero-order valence-corrected chi connectivity index (χ0v) is 18.3. The molecule has 0 N–H and O–H groups in total. The van der Waals surface area contributed by atoms with E-state index in [9.17, 15) is 4.79 Å². The van der Waals surface area contributed by atoms with E-state index >= 15 is 0 Å². The predicted molar refractivity (Wildman–Crippen MR) is 116 cm³/mol. The second-order valence-electron chi connectivity index (χ2n) is 9.23. The lowest BCUT2D eigenvalue weighted by molar-refractivity contribution is -0.138. The molecule has 1 aromatic heterocycles. The van der Waals surface area contributed by atoms with Gasteiger partial charge in [0, 0.05) is 20.1 Å². The van der Waals surface area contributed by atoms with Gasteiger partial charge in [0.15, 0.2) is 0 Å². The van der Waals surface area contributed by atoms with Crippen LogP contribution >= 0.6 is 0 Å². The monoisotopic (exact) mass is 394 g/mol. The van der Waals surface area contributed by atoms with Crippen molar-refractivity contribution in [3.05, 3.63) is 52.8 Å². The highest BCUT2D eigenvalue weighted by Gasteiger charge is 2.47. The van der Waals surface area contributed by atoms with Crippen LogP contribution < -0.4 is 0 Å². The average Bonchev–Trinajstić information content (AvgIpc) is 3.42. The van der Waals surface area contributed by atoms with Crippen LogP contribution in [0.2, 0.25) is 0 Å². The largest absolute Gasteiger partial charge is 0.333 e. The Bertz CT molecular complexity index is 862. The fourth-order valence-corrected chi connectivity index (χ4v) is 5.23. The third-order valence-electron chi connectivity index (χ3n) is 6.80. The van der Waals surface area contributed by atoms with Crippen LogP contribution in [0.1, 0.15) is 67.1 Å². The second-order valence-corrected chi connectivity index (χ2v) is 9.23. The summed E-state index contributed by atoms with van der Waals surface area (Å²) < 4.78 is 1.97. The van der Waals surface area contributed by atoms with Gasteiger partial charge in [0.25, 0.3) is 0 Å². The molecular formula is C24H34N4O. The van der Waals surface area contributed by atoms with Gasteiger partial charge in [-0.3, -0.25) is 9.48 Å². The number of benzene rings is 1. The minimum atomic E-state index is -0.350. The Labute approximate surface area is 174 Å². The standard InChI is InChI=1S/C24H34N4O/c1-18-9-11-19(12-10-18)24(13-5-6-14-24)23(29)28-15-7-8-22(28)21-16-20(17-26(2)3)27(4)25-21/h9-12,16,22H,5-8,13-15,17H2,1-4H3. The Kier molecular flexibility index (Phi) is 5.52. The number of carbonyl (C=O) groups excluding carboxylic acids is 1. The van der Waals surface area contributed by atoms with E-state index in [4.69, 9.17) is 5.10 Å². The van der Waals surface area contributed by atoms with Gasteiger partial charge in [-0.2, -0.15) is 5.10 Å². The number of likely N-dealkylation sites (tertiary alicyclic amines) is 1. The first-order valence-corrected chi connectivity index (χ1v) is 11.0. The van der Waals surface area contributed by atoms with Crippen molar-refractivity contribution in [1.82, 2.24) is 19.6 Å². The third kappa shape index (κ3) is 3.73. The van der Waals surface area contributed by atoms with Gasteiger partial charge in [0.05, 0.1) is 22.8 Å². The normalized spacial score (nSPS) is 21.3. The molecule has 1 saturated carbocycles. The van der Waals surface area contributed by atoms with E-state index in [1.165, 1.54) is 16.8 Å². The molecule has 1 amide bonds. The first kappa shape index (κ1) is 20.1. The Morgan fingerprint density at radius 3 is 2.52 bits per heavy atom. The van der Waals surface area contributed by atoms with Crippen molar-refractivity contribution in [1.29, 1.82) is 0 Å². The predicted octanol–water partition coefficient (Wildman–Crippen LogP) is 3.97. The number of carbonyl (C=O) groups is 1. The number of rotatable bonds is 5. The lowest BCUT2D eigenvalue weighted by Gasteiger charge is -2.35. The van der Waals surface area contributed by atoms with Crippen molar-refractivity contribution in [3.63, 3.8) is 0 Å². The van der Waals surface area contributed by atoms with E-state index in [-0.39, 0.29) is 11.5 Å². The fourth-order valence-electron chi connectivity index (χ4n) is 5.23. The van der Waals surface area contributed by atoms with Crippen LogP contribution in [0, 0.1) is 6.92 Å². The summed E-state index contributed by atoms with van der Waals surface area (Å²) in [5.74, 6) is 0.321. The van der Waals surface area contributed by atoms with Gasteiger partial charge in [-0.1, -0.05) is 42.7 Å². The minimum absolute atomic E-state index is 0.104. The van der Waals surface area contributed by atoms with Gasteiger partial charge in [-0.05, 0) is 58.3 Å². The van der Waals surface area contributed by atoms with Crippen LogP contribution in [0.4, 0.5) is 0 Å². The Morgan fingerprint density at radius 2 is 1.86 bits per heavy atom. The molecule has 29 heavy (non-hydrogen) atoms. The second kappa shape index (κ2) is 7.94. The lowest BCUT2D eigenvalue weighted by atomic mass is 9.77. The molecule has 0 radical (unpaired) electrons. The summed E-state index contributed by atoms with van der Waals surface area (Å²) in [6, 6.07) is 11.0. The molecule has 5 nitrogen and oxygen atoms in total. The molecule has 0 bridgehead atoms. The molecular weight excluding hydrogens is 360 g/mol. The molecule has 1 saturated heterocycles. The molecule has 2 aliphatic rings. The van der Waals surface area contributed by atoms with Crippen LogP contribution in [-0.2, 0) is 23.8 Å². The van der Waals surface area contributed by atoms with Gasteiger partial charge in [0.1, 0.15) is 0 Å². The van der Waals surface area contributed by atoms with Crippen molar-refractivity contribution in [3.8, 4) is 0 Å². The Hall–Kier alpha value is -2.14. The maximum Gasteiger partial charge on any atom is 0.233 e. The van der Waals surface area contributed by atoms with E-state index in [0.29, 0.717) is 5.91 Å². The highest BCUT2D eigenvalue weighted by molar-refractivity contribution is 5.89. The van der Waals surface area contributed by atoms with E-state index in [2.05, 4.69) is 61.2 Å². The molecule has 0 spiro atoms. The SMILES string of the molecule is Cc1ccc(C2(C(=O)N3CCCC3c3cc(CN(C)C)n(C)n3)CCCC2)cc1.